The number of amides is 2. The molecule has 1 aromatic rings. The molecule has 0 aliphatic carbocycles. The molecule has 2 heterocycles. The van der Waals surface area contributed by atoms with Crippen molar-refractivity contribution in [2.24, 2.45) is 21.5 Å². The number of nitrogens with one attached hydrogen (secondary N) is 2. The van der Waals surface area contributed by atoms with Crippen molar-refractivity contribution in [3.8, 4) is 0 Å². The second kappa shape index (κ2) is 8.03. The number of carbonyl (C=O) groups is 2. The fraction of sp³-hybridized carbons (Fsp3) is 0.286. The third-order valence-electron chi connectivity index (χ3n) is 3.34. The average Bonchev–Trinajstić information content (AvgIpc) is 2.98. The molecule has 2 rings (SSSR count). The van der Waals surface area contributed by atoms with Crippen molar-refractivity contribution in [1.29, 1.82) is 0 Å². The normalized spacial score (nSPS) is 17.8. The van der Waals surface area contributed by atoms with Crippen molar-refractivity contribution < 1.29 is 9.59 Å². The van der Waals surface area contributed by atoms with Gasteiger partial charge in [-0.25, -0.2) is 0 Å². The monoisotopic (exact) mass is 382 g/mol. The van der Waals surface area contributed by atoms with Gasteiger partial charge in [-0.1, -0.05) is 6.92 Å². The van der Waals surface area contributed by atoms with Gasteiger partial charge in [0.15, 0.2) is 5.82 Å². The molecule has 0 spiro atoms. The minimum atomic E-state index is -0.675. The number of carbonyl (C=O) groups excluding carboxylic acids is 2. The number of anilines is 1. The van der Waals surface area contributed by atoms with E-state index in [-0.39, 0.29) is 18.1 Å². The lowest BCUT2D eigenvalue weighted by molar-refractivity contribution is -0.119. The largest absolute Gasteiger partial charge is 0.397 e. The third kappa shape index (κ3) is 4.51. The Bertz CT molecular complexity index is 782. The van der Waals surface area contributed by atoms with E-state index in [1.807, 2.05) is 5.38 Å². The summed E-state index contributed by atoms with van der Waals surface area (Å²) in [5, 5.41) is 8.03. The van der Waals surface area contributed by atoms with E-state index in [0.29, 0.717) is 27.9 Å². The van der Waals surface area contributed by atoms with Gasteiger partial charge >= 0.3 is 0 Å². The summed E-state index contributed by atoms with van der Waals surface area (Å²) in [6.45, 7) is 1.99. The van der Waals surface area contributed by atoms with Crippen LogP contribution in [0, 0.1) is 0 Å². The number of amidine groups is 1. The Labute approximate surface area is 153 Å². The van der Waals surface area contributed by atoms with Gasteiger partial charge in [-0.15, -0.1) is 11.3 Å². The summed E-state index contributed by atoms with van der Waals surface area (Å²) in [6, 6.07) is 1.08. The van der Waals surface area contributed by atoms with E-state index in [4.69, 9.17) is 17.2 Å². The fourth-order valence-electron chi connectivity index (χ4n) is 2.08. The zero-order chi connectivity index (χ0) is 18.6. The van der Waals surface area contributed by atoms with E-state index in [0.717, 1.165) is 0 Å². The Balaban J connectivity index is 2.37. The maximum Gasteiger partial charge on any atom is 0.268 e. The van der Waals surface area contributed by atoms with E-state index >= 15 is 0 Å². The van der Waals surface area contributed by atoms with Gasteiger partial charge in [0.1, 0.15) is 22.5 Å². The molecule has 0 aromatic carbocycles. The van der Waals surface area contributed by atoms with Crippen LogP contribution in [0.3, 0.4) is 0 Å². The third-order valence-corrected chi connectivity index (χ3v) is 4.82. The molecule has 1 aliphatic heterocycles. The Morgan fingerprint density at radius 2 is 2.16 bits per heavy atom. The molecule has 1 aromatic heterocycles. The van der Waals surface area contributed by atoms with Crippen LogP contribution in [0.4, 0.5) is 5.69 Å². The zero-order valence-electron chi connectivity index (χ0n) is 13.5. The number of primary amides is 2. The topological polar surface area (TPSA) is 161 Å². The van der Waals surface area contributed by atoms with E-state index < -0.39 is 17.9 Å². The molecule has 0 radical (unpaired) electrons. The lowest BCUT2D eigenvalue weighted by Gasteiger charge is -2.21. The van der Waals surface area contributed by atoms with Crippen LogP contribution < -0.4 is 27.8 Å². The van der Waals surface area contributed by atoms with Crippen molar-refractivity contribution in [1.82, 2.24) is 10.6 Å². The van der Waals surface area contributed by atoms with Crippen LogP contribution in [-0.2, 0) is 22.2 Å². The minimum Gasteiger partial charge on any atom is -0.397 e. The summed E-state index contributed by atoms with van der Waals surface area (Å²) in [7, 11) is 0. The Morgan fingerprint density at radius 1 is 1.44 bits per heavy atom. The summed E-state index contributed by atoms with van der Waals surface area (Å²) < 4.78 is 0. The van der Waals surface area contributed by atoms with Crippen molar-refractivity contribution in [2.75, 3.05) is 12.3 Å². The Kier molecular flexibility index (Phi) is 6.04. The molecule has 2 amide bonds. The number of aliphatic imine (C=N–C) groups is 2. The smallest absolute Gasteiger partial charge is 0.268 e. The van der Waals surface area contributed by atoms with Gasteiger partial charge < -0.3 is 27.8 Å². The summed E-state index contributed by atoms with van der Waals surface area (Å²) in [5.41, 5.74) is 17.2. The van der Waals surface area contributed by atoms with Crippen LogP contribution in [0.15, 0.2) is 32.9 Å². The average molecular weight is 382 g/mol. The van der Waals surface area contributed by atoms with E-state index in [2.05, 4.69) is 33.2 Å². The number of thiophene rings is 1. The summed E-state index contributed by atoms with van der Waals surface area (Å²) in [6.07, 6.45) is 0.459. The molecular formula is C14H20N7O2S2+. The molecule has 0 unspecified atom stereocenters. The highest BCUT2D eigenvalue weighted by Gasteiger charge is 2.23. The number of hydrogen-bond donors (Lipinski definition) is 5. The lowest BCUT2D eigenvalue weighted by atomic mass is 10.2. The maximum absolute atomic E-state index is 11.6. The Morgan fingerprint density at radius 3 is 2.68 bits per heavy atom. The van der Waals surface area contributed by atoms with E-state index in [1.54, 1.807) is 13.0 Å². The first-order valence-electron chi connectivity index (χ1n) is 7.38. The molecule has 0 fully saturated rings. The van der Waals surface area contributed by atoms with Crippen LogP contribution >= 0.6 is 11.3 Å². The standard InChI is InChI=1S/C14H19N7O2S2/c1-2-7(11(16)22)19-8-5-18-9(12(17)23)13(20-8)21-14(24)10-6(15)3-4-25-10/h3-4,7,18H,2,5,15H2,1H3,(H2,16,22)(H2,17,23)(H,19,20)(H,21,24)/p+1/t7-/m1/s1. The minimum absolute atomic E-state index is 0.108. The summed E-state index contributed by atoms with van der Waals surface area (Å²) in [5.74, 6) is -0.604. The first kappa shape index (κ1) is 18.8. The maximum atomic E-state index is 11.6. The van der Waals surface area contributed by atoms with Crippen LogP contribution in [0.2, 0.25) is 0 Å². The van der Waals surface area contributed by atoms with Crippen LogP contribution in [0.1, 0.15) is 18.2 Å². The van der Waals surface area contributed by atoms with E-state index in [9.17, 15) is 9.59 Å². The highest BCUT2D eigenvalue weighted by atomic mass is 32.1. The van der Waals surface area contributed by atoms with Crippen molar-refractivity contribution in [2.45, 2.75) is 19.4 Å². The molecule has 0 saturated carbocycles. The van der Waals surface area contributed by atoms with Crippen LogP contribution in [-0.4, -0.2) is 35.3 Å². The Hall–Kier alpha value is -2.53. The zero-order valence-corrected chi connectivity index (χ0v) is 15.3. The molecule has 9 nitrogen and oxygen atoms in total. The number of hydrogen-bond acceptors (Lipinski definition) is 7. The van der Waals surface area contributed by atoms with Gasteiger partial charge in [0.25, 0.3) is 11.0 Å². The summed E-state index contributed by atoms with van der Waals surface area (Å²) in [4.78, 5) is 32.3. The fourth-order valence-corrected chi connectivity index (χ4v) is 3.23. The molecule has 25 heavy (non-hydrogen) atoms. The van der Waals surface area contributed by atoms with Crippen LogP contribution in [0.25, 0.3) is 0 Å². The highest BCUT2D eigenvalue weighted by Crippen LogP contribution is 2.20. The predicted molar refractivity (Wildman–Crippen MR) is 103 cm³/mol. The van der Waals surface area contributed by atoms with Gasteiger partial charge in [0.05, 0.1) is 12.2 Å². The van der Waals surface area contributed by atoms with Crippen molar-refractivity contribution >= 4 is 52.3 Å². The van der Waals surface area contributed by atoms with Gasteiger partial charge in [-0.05, 0) is 17.9 Å². The number of nitrogens with zero attached hydrogens (tertiary/aromatic N) is 2. The van der Waals surface area contributed by atoms with Gasteiger partial charge in [-0.3, -0.25) is 14.6 Å². The number of nitrogen functional groups attached to an aromatic ring is 1. The molecule has 1 atom stereocenters. The molecule has 1 aliphatic rings. The van der Waals surface area contributed by atoms with E-state index in [1.165, 1.54) is 11.3 Å². The molecule has 11 heteroatoms. The molecule has 8 N–H and O–H groups in total. The van der Waals surface area contributed by atoms with Crippen molar-refractivity contribution in [3.63, 3.8) is 0 Å². The number of nitrogens with two attached hydrogens (primary N) is 3. The molecule has 134 valence electrons. The first-order valence-corrected chi connectivity index (χ1v) is 8.76. The molecular weight excluding hydrogens is 362 g/mol. The molecule has 0 saturated heterocycles. The highest BCUT2D eigenvalue weighted by molar-refractivity contribution is 7.79. The number of rotatable bonds is 6. The van der Waals surface area contributed by atoms with Gasteiger partial charge in [0, 0.05) is 12.6 Å². The van der Waals surface area contributed by atoms with Crippen molar-refractivity contribution in [3.05, 3.63) is 27.8 Å². The lowest BCUT2D eigenvalue weighted by Crippen LogP contribution is -2.45. The van der Waals surface area contributed by atoms with Gasteiger partial charge in [-0.2, -0.15) is 4.99 Å². The predicted octanol–water partition coefficient (Wildman–Crippen LogP) is -1.40. The quantitative estimate of drug-likeness (QED) is 0.232. The summed E-state index contributed by atoms with van der Waals surface area (Å²) >= 11 is 4.80. The second-order valence-electron chi connectivity index (χ2n) is 5.13. The van der Waals surface area contributed by atoms with Crippen LogP contribution in [0.5, 0.6) is 0 Å². The first-order chi connectivity index (χ1) is 11.8. The molecule has 0 bridgehead atoms. The second-order valence-corrected chi connectivity index (χ2v) is 6.52. The SMILES string of the molecule is CC[C@@H](N=C1CNC(C(N)=O)=C(N=C([SH2+])c2sccc2N)N1)C(N)=O. The van der Waals surface area contributed by atoms with Gasteiger partial charge in [0.2, 0.25) is 5.91 Å².